The van der Waals surface area contributed by atoms with Crippen LogP contribution in [0.3, 0.4) is 0 Å². The summed E-state index contributed by atoms with van der Waals surface area (Å²) in [6.45, 7) is 0.797. The van der Waals surface area contributed by atoms with Gasteiger partial charge in [-0.15, -0.1) is 11.8 Å². The van der Waals surface area contributed by atoms with Crippen LogP contribution in [-0.2, 0) is 5.41 Å². The first-order chi connectivity index (χ1) is 6.80. The molecule has 1 aromatic carbocycles. The zero-order valence-electron chi connectivity index (χ0n) is 8.62. The highest BCUT2D eigenvalue weighted by molar-refractivity contribution is 7.98. The lowest BCUT2D eigenvalue weighted by Crippen LogP contribution is -2.41. The predicted octanol–water partition coefficient (Wildman–Crippen LogP) is 2.79. The van der Waals surface area contributed by atoms with Crippen LogP contribution in [0.25, 0.3) is 0 Å². The molecule has 0 radical (unpaired) electrons. The average Bonchev–Trinajstić information content (AvgIpc) is 2.18. The van der Waals surface area contributed by atoms with Crippen molar-refractivity contribution in [1.82, 2.24) is 0 Å². The Kier molecular flexibility index (Phi) is 2.84. The van der Waals surface area contributed by atoms with Crippen LogP contribution >= 0.6 is 11.8 Å². The summed E-state index contributed by atoms with van der Waals surface area (Å²) in [7, 11) is 0. The molecule has 0 aromatic heterocycles. The van der Waals surface area contributed by atoms with Crippen molar-refractivity contribution < 1.29 is 0 Å². The molecule has 0 spiro atoms. The normalized spacial score (nSPS) is 19.0. The molecule has 2 N–H and O–H groups in total. The quantitative estimate of drug-likeness (QED) is 0.771. The SMILES string of the molecule is CSc1ccc(C2(CN)CCC2)cc1. The fourth-order valence-corrected chi connectivity index (χ4v) is 2.57. The van der Waals surface area contributed by atoms with Crippen molar-refractivity contribution in [1.29, 1.82) is 0 Å². The Bertz CT molecular complexity index is 295. The van der Waals surface area contributed by atoms with Crippen molar-refractivity contribution in [3.8, 4) is 0 Å². The van der Waals surface area contributed by atoms with Crippen LogP contribution in [0, 0.1) is 0 Å². The molecule has 0 heterocycles. The van der Waals surface area contributed by atoms with E-state index in [0.29, 0.717) is 5.41 Å². The highest BCUT2D eigenvalue weighted by atomic mass is 32.2. The summed E-state index contributed by atoms with van der Waals surface area (Å²) in [6, 6.07) is 8.90. The van der Waals surface area contributed by atoms with Crippen LogP contribution in [0.15, 0.2) is 29.2 Å². The Balaban J connectivity index is 2.23. The van der Waals surface area contributed by atoms with Crippen LogP contribution < -0.4 is 5.73 Å². The highest BCUT2D eigenvalue weighted by Crippen LogP contribution is 2.42. The molecule has 0 unspecified atom stereocenters. The first kappa shape index (κ1) is 10.1. The van der Waals surface area contributed by atoms with Gasteiger partial charge in [-0.25, -0.2) is 0 Å². The largest absolute Gasteiger partial charge is 0.330 e. The van der Waals surface area contributed by atoms with Crippen molar-refractivity contribution >= 4 is 11.8 Å². The molecular weight excluding hydrogens is 190 g/mol. The smallest absolute Gasteiger partial charge is 0.00755 e. The van der Waals surface area contributed by atoms with Gasteiger partial charge in [0.05, 0.1) is 0 Å². The average molecular weight is 207 g/mol. The van der Waals surface area contributed by atoms with E-state index >= 15 is 0 Å². The minimum absolute atomic E-state index is 0.316. The van der Waals surface area contributed by atoms with Crippen molar-refractivity contribution in [2.24, 2.45) is 5.73 Å². The minimum Gasteiger partial charge on any atom is -0.330 e. The van der Waals surface area contributed by atoms with E-state index in [0.717, 1.165) is 6.54 Å². The molecule has 0 atom stereocenters. The van der Waals surface area contributed by atoms with Crippen LogP contribution in [0.4, 0.5) is 0 Å². The van der Waals surface area contributed by atoms with E-state index in [1.807, 2.05) is 0 Å². The van der Waals surface area contributed by atoms with Gasteiger partial charge in [0.25, 0.3) is 0 Å². The fraction of sp³-hybridized carbons (Fsp3) is 0.500. The number of hydrogen-bond donors (Lipinski definition) is 1. The Labute approximate surface area is 90.1 Å². The molecule has 0 bridgehead atoms. The number of thioether (sulfide) groups is 1. The molecule has 0 saturated heterocycles. The lowest BCUT2D eigenvalue weighted by molar-refractivity contribution is 0.253. The van der Waals surface area contributed by atoms with Crippen LogP contribution in [0.1, 0.15) is 24.8 Å². The second kappa shape index (κ2) is 3.95. The molecule has 0 amide bonds. The first-order valence-electron chi connectivity index (χ1n) is 5.15. The van der Waals surface area contributed by atoms with Crippen LogP contribution in [0.5, 0.6) is 0 Å². The summed E-state index contributed by atoms with van der Waals surface area (Å²) >= 11 is 1.79. The molecule has 1 fully saturated rings. The van der Waals surface area contributed by atoms with Gasteiger partial charge in [0.15, 0.2) is 0 Å². The molecule has 1 aliphatic carbocycles. The third kappa shape index (κ3) is 1.57. The van der Waals surface area contributed by atoms with E-state index in [-0.39, 0.29) is 0 Å². The molecule has 1 nitrogen and oxygen atoms in total. The minimum atomic E-state index is 0.316. The third-order valence-electron chi connectivity index (χ3n) is 3.40. The van der Waals surface area contributed by atoms with Crippen molar-refractivity contribution in [2.45, 2.75) is 29.6 Å². The number of benzene rings is 1. The maximum atomic E-state index is 5.87. The monoisotopic (exact) mass is 207 g/mol. The Morgan fingerprint density at radius 3 is 2.29 bits per heavy atom. The van der Waals surface area contributed by atoms with Gasteiger partial charge in [-0.3, -0.25) is 0 Å². The van der Waals surface area contributed by atoms with E-state index in [4.69, 9.17) is 5.73 Å². The van der Waals surface area contributed by atoms with E-state index in [2.05, 4.69) is 30.5 Å². The van der Waals surface area contributed by atoms with Gasteiger partial charge in [-0.05, 0) is 36.8 Å². The standard InChI is InChI=1S/C12H17NS/c1-14-11-5-3-10(4-6-11)12(9-13)7-2-8-12/h3-6H,2,7-9,13H2,1H3. The fourth-order valence-electron chi connectivity index (χ4n) is 2.16. The predicted molar refractivity (Wildman–Crippen MR) is 62.8 cm³/mol. The summed E-state index contributed by atoms with van der Waals surface area (Å²) in [5, 5.41) is 0. The highest BCUT2D eigenvalue weighted by Gasteiger charge is 2.36. The lowest BCUT2D eigenvalue weighted by Gasteiger charge is -2.41. The summed E-state index contributed by atoms with van der Waals surface area (Å²) in [4.78, 5) is 1.33. The van der Waals surface area contributed by atoms with Crippen LogP contribution in [0.2, 0.25) is 0 Å². The van der Waals surface area contributed by atoms with Crippen molar-refractivity contribution in [3.63, 3.8) is 0 Å². The number of hydrogen-bond acceptors (Lipinski definition) is 2. The molecule has 1 aliphatic rings. The second-order valence-corrected chi connectivity index (χ2v) is 4.95. The van der Waals surface area contributed by atoms with E-state index in [1.165, 1.54) is 29.7 Å². The topological polar surface area (TPSA) is 26.0 Å². The number of nitrogens with two attached hydrogens (primary N) is 1. The Morgan fingerprint density at radius 2 is 1.93 bits per heavy atom. The second-order valence-electron chi connectivity index (χ2n) is 4.07. The molecule has 0 aliphatic heterocycles. The zero-order valence-corrected chi connectivity index (χ0v) is 9.44. The molecule has 76 valence electrons. The Hall–Kier alpha value is -0.470. The molecular formula is C12H17NS. The number of rotatable bonds is 3. The zero-order chi connectivity index (χ0) is 10.0. The van der Waals surface area contributed by atoms with Gasteiger partial charge in [0, 0.05) is 16.9 Å². The van der Waals surface area contributed by atoms with Gasteiger partial charge < -0.3 is 5.73 Å². The first-order valence-corrected chi connectivity index (χ1v) is 6.38. The molecule has 14 heavy (non-hydrogen) atoms. The van der Waals surface area contributed by atoms with E-state index < -0.39 is 0 Å². The van der Waals surface area contributed by atoms with Crippen LogP contribution in [-0.4, -0.2) is 12.8 Å². The molecule has 1 aromatic rings. The van der Waals surface area contributed by atoms with Gasteiger partial charge in [0.2, 0.25) is 0 Å². The van der Waals surface area contributed by atoms with Gasteiger partial charge in [-0.1, -0.05) is 18.6 Å². The molecule has 1 saturated carbocycles. The van der Waals surface area contributed by atoms with E-state index in [9.17, 15) is 0 Å². The maximum Gasteiger partial charge on any atom is 0.00755 e. The Morgan fingerprint density at radius 1 is 1.29 bits per heavy atom. The van der Waals surface area contributed by atoms with Crippen molar-refractivity contribution in [2.75, 3.05) is 12.8 Å². The molecule has 2 rings (SSSR count). The maximum absolute atomic E-state index is 5.87. The summed E-state index contributed by atoms with van der Waals surface area (Å²) in [6.07, 6.45) is 5.97. The summed E-state index contributed by atoms with van der Waals surface area (Å²) in [5.41, 5.74) is 7.62. The van der Waals surface area contributed by atoms with Gasteiger partial charge in [0.1, 0.15) is 0 Å². The van der Waals surface area contributed by atoms with Gasteiger partial charge in [-0.2, -0.15) is 0 Å². The third-order valence-corrected chi connectivity index (χ3v) is 4.15. The van der Waals surface area contributed by atoms with E-state index in [1.54, 1.807) is 11.8 Å². The lowest BCUT2D eigenvalue weighted by atomic mass is 9.64. The summed E-state index contributed by atoms with van der Waals surface area (Å²) in [5.74, 6) is 0. The summed E-state index contributed by atoms with van der Waals surface area (Å²) < 4.78 is 0. The van der Waals surface area contributed by atoms with Gasteiger partial charge >= 0.3 is 0 Å². The van der Waals surface area contributed by atoms with Crippen molar-refractivity contribution in [3.05, 3.63) is 29.8 Å². The molecule has 2 heteroatoms.